The van der Waals surface area contributed by atoms with Crippen LogP contribution in [0.3, 0.4) is 0 Å². The van der Waals surface area contributed by atoms with Crippen LogP contribution in [0.4, 0.5) is 28.4 Å². The number of phenolic OH excluding ortho intramolecular Hbond substituents is 1. The average Bonchev–Trinajstić information content (AvgIpc) is 2.78. The van der Waals surface area contributed by atoms with Gasteiger partial charge in [-0.1, -0.05) is 30.3 Å². The van der Waals surface area contributed by atoms with E-state index in [-0.39, 0.29) is 11.7 Å². The summed E-state index contributed by atoms with van der Waals surface area (Å²) in [6.07, 6.45) is 0. The van der Waals surface area contributed by atoms with E-state index in [0.717, 1.165) is 34.1 Å². The third-order valence-corrected chi connectivity index (χ3v) is 6.56. The predicted molar refractivity (Wildman–Crippen MR) is 118 cm³/mol. The highest BCUT2D eigenvalue weighted by Crippen LogP contribution is 2.64. The summed E-state index contributed by atoms with van der Waals surface area (Å²) in [6, 6.07) is 26.4. The molecule has 0 bridgehead atoms. The van der Waals surface area contributed by atoms with Crippen molar-refractivity contribution in [3.05, 3.63) is 95.6 Å². The minimum absolute atomic E-state index is 0.112. The van der Waals surface area contributed by atoms with Gasteiger partial charge < -0.3 is 19.6 Å². The third kappa shape index (κ3) is 1.77. The van der Waals surface area contributed by atoms with Crippen molar-refractivity contribution in [1.82, 2.24) is 0 Å². The van der Waals surface area contributed by atoms with Crippen molar-refractivity contribution < 1.29 is 9.84 Å². The van der Waals surface area contributed by atoms with E-state index in [2.05, 4.69) is 59.3 Å². The summed E-state index contributed by atoms with van der Waals surface area (Å²) in [6.45, 7) is 0. The molecule has 0 spiro atoms. The zero-order valence-corrected chi connectivity index (χ0v) is 16.3. The van der Waals surface area contributed by atoms with Crippen molar-refractivity contribution in [3.8, 4) is 17.2 Å². The van der Waals surface area contributed by atoms with Crippen LogP contribution in [0.25, 0.3) is 0 Å². The molecule has 0 fully saturated rings. The first-order valence-electron chi connectivity index (χ1n) is 10.1. The summed E-state index contributed by atoms with van der Waals surface area (Å²) in [7, 11) is 2.11. The van der Waals surface area contributed by atoms with Crippen molar-refractivity contribution in [2.24, 2.45) is 0 Å². The lowest BCUT2D eigenvalue weighted by Crippen LogP contribution is -2.31. The molecule has 0 aliphatic carbocycles. The fourth-order valence-corrected chi connectivity index (χ4v) is 5.36. The van der Waals surface area contributed by atoms with Crippen molar-refractivity contribution in [2.75, 3.05) is 16.8 Å². The minimum Gasteiger partial charge on any atom is -0.506 e. The first kappa shape index (κ1) is 15.9. The Labute approximate surface area is 174 Å². The second kappa shape index (κ2) is 5.36. The lowest BCUT2D eigenvalue weighted by atomic mass is 9.74. The quantitative estimate of drug-likeness (QED) is 0.346. The number of hydrogen-bond donors (Lipinski definition) is 1. The van der Waals surface area contributed by atoms with E-state index < -0.39 is 0 Å². The number of nitrogens with zero attached hydrogens (tertiary/aromatic N) is 2. The molecule has 3 aliphatic rings. The first-order valence-corrected chi connectivity index (χ1v) is 10.1. The van der Waals surface area contributed by atoms with E-state index >= 15 is 0 Å². The molecule has 4 aromatic rings. The van der Waals surface area contributed by atoms with Crippen LogP contribution in [0.2, 0.25) is 0 Å². The Hall–Kier alpha value is -3.92. The summed E-state index contributed by atoms with van der Waals surface area (Å²) in [5.74, 6) is 2.17. The van der Waals surface area contributed by atoms with Gasteiger partial charge in [0.1, 0.15) is 17.2 Å². The standard InChI is InChI=1S/C26H18N2O2/c1-27-16-8-4-10-18-23(16)26-24-17(27)9-5-13-21(24)30-22-14-6-11-19(25(22)26)28(18)15-7-2-3-12-20(15)29/h2-14,26,29H,1H3. The molecule has 1 unspecified atom stereocenters. The van der Waals surface area contributed by atoms with Gasteiger partial charge in [0.05, 0.1) is 17.1 Å². The van der Waals surface area contributed by atoms with Crippen molar-refractivity contribution in [1.29, 1.82) is 0 Å². The molecular formula is C26H18N2O2. The second-order valence-corrected chi connectivity index (χ2v) is 8.01. The highest BCUT2D eigenvalue weighted by molar-refractivity contribution is 5.96. The van der Waals surface area contributed by atoms with Gasteiger partial charge in [-0.3, -0.25) is 0 Å². The van der Waals surface area contributed by atoms with Gasteiger partial charge >= 0.3 is 0 Å². The molecule has 3 aliphatic heterocycles. The zero-order valence-electron chi connectivity index (χ0n) is 16.3. The van der Waals surface area contributed by atoms with Gasteiger partial charge in [0.15, 0.2) is 0 Å². The summed E-state index contributed by atoms with van der Waals surface area (Å²) in [5.41, 5.74) is 8.91. The minimum atomic E-state index is 0.112. The van der Waals surface area contributed by atoms with Gasteiger partial charge in [0, 0.05) is 41.0 Å². The van der Waals surface area contributed by atoms with E-state index in [0.29, 0.717) is 0 Å². The number of para-hydroxylation sites is 2. The summed E-state index contributed by atoms with van der Waals surface area (Å²) in [5, 5.41) is 10.7. The molecule has 4 aromatic carbocycles. The predicted octanol–water partition coefficient (Wildman–Crippen LogP) is 6.54. The molecular weight excluding hydrogens is 372 g/mol. The van der Waals surface area contributed by atoms with Crippen LogP contribution in [0.1, 0.15) is 22.6 Å². The van der Waals surface area contributed by atoms with Crippen molar-refractivity contribution in [3.63, 3.8) is 0 Å². The molecule has 0 radical (unpaired) electrons. The van der Waals surface area contributed by atoms with Crippen LogP contribution in [0, 0.1) is 0 Å². The van der Waals surface area contributed by atoms with Crippen molar-refractivity contribution >= 4 is 28.4 Å². The summed E-state index contributed by atoms with van der Waals surface area (Å²) < 4.78 is 6.40. The molecule has 0 aromatic heterocycles. The number of anilines is 5. The maximum atomic E-state index is 10.7. The molecule has 3 heterocycles. The van der Waals surface area contributed by atoms with E-state index in [1.807, 2.05) is 30.3 Å². The smallest absolute Gasteiger partial charge is 0.139 e. The number of hydrogen-bond acceptors (Lipinski definition) is 4. The molecule has 144 valence electrons. The number of benzene rings is 4. The maximum absolute atomic E-state index is 10.7. The summed E-state index contributed by atoms with van der Waals surface area (Å²) in [4.78, 5) is 4.42. The van der Waals surface area contributed by atoms with Gasteiger partial charge in [0.25, 0.3) is 0 Å². The van der Waals surface area contributed by atoms with E-state index in [1.54, 1.807) is 6.07 Å². The monoisotopic (exact) mass is 390 g/mol. The fourth-order valence-electron chi connectivity index (χ4n) is 5.36. The van der Waals surface area contributed by atoms with Crippen molar-refractivity contribution in [2.45, 2.75) is 5.92 Å². The summed E-state index contributed by atoms with van der Waals surface area (Å²) >= 11 is 0. The lowest BCUT2D eigenvalue weighted by Gasteiger charge is -2.46. The van der Waals surface area contributed by atoms with Crippen LogP contribution >= 0.6 is 0 Å². The highest BCUT2D eigenvalue weighted by atomic mass is 16.5. The van der Waals surface area contributed by atoms with Gasteiger partial charge in [-0.2, -0.15) is 0 Å². The molecule has 4 heteroatoms. The Kier molecular flexibility index (Phi) is 2.85. The molecule has 0 saturated carbocycles. The maximum Gasteiger partial charge on any atom is 0.139 e. The molecule has 7 rings (SSSR count). The number of phenols is 1. The van der Waals surface area contributed by atoms with Crippen LogP contribution in [-0.2, 0) is 0 Å². The Balaban J connectivity index is 1.64. The molecule has 0 amide bonds. The van der Waals surface area contributed by atoms with Crippen LogP contribution in [-0.4, -0.2) is 12.2 Å². The molecule has 1 N–H and O–H groups in total. The normalized spacial score (nSPS) is 16.8. The Morgan fingerprint density at radius 3 is 1.90 bits per heavy atom. The highest BCUT2D eigenvalue weighted by Gasteiger charge is 2.44. The van der Waals surface area contributed by atoms with Gasteiger partial charge in [-0.05, 0) is 48.5 Å². The molecule has 1 atom stereocenters. The van der Waals surface area contributed by atoms with Gasteiger partial charge in [-0.25, -0.2) is 0 Å². The van der Waals surface area contributed by atoms with Gasteiger partial charge in [-0.15, -0.1) is 0 Å². The Morgan fingerprint density at radius 2 is 1.17 bits per heavy atom. The largest absolute Gasteiger partial charge is 0.506 e. The number of ether oxygens (including phenoxy) is 1. The van der Waals surface area contributed by atoms with Crippen LogP contribution < -0.4 is 14.5 Å². The molecule has 30 heavy (non-hydrogen) atoms. The molecule has 4 nitrogen and oxygen atoms in total. The van der Waals surface area contributed by atoms with E-state index in [4.69, 9.17) is 4.74 Å². The van der Waals surface area contributed by atoms with Gasteiger partial charge in [0.2, 0.25) is 0 Å². The van der Waals surface area contributed by atoms with E-state index in [1.165, 1.54) is 22.5 Å². The average molecular weight is 390 g/mol. The van der Waals surface area contributed by atoms with E-state index in [9.17, 15) is 5.11 Å². The Morgan fingerprint density at radius 1 is 0.633 bits per heavy atom. The SMILES string of the molecule is CN1c2cccc3c2C2c4c(cccc4N(c4ccccc4O)c4cccc1c42)O3. The second-order valence-electron chi connectivity index (χ2n) is 8.01. The lowest BCUT2D eigenvalue weighted by molar-refractivity contribution is 0.451. The molecule has 0 saturated heterocycles. The zero-order chi connectivity index (χ0) is 20.0. The number of rotatable bonds is 1. The topological polar surface area (TPSA) is 35.9 Å². The number of aromatic hydroxyl groups is 1. The van der Waals surface area contributed by atoms with Crippen LogP contribution in [0.5, 0.6) is 17.2 Å². The third-order valence-electron chi connectivity index (χ3n) is 6.56. The fraction of sp³-hybridized carbons (Fsp3) is 0.0769. The van der Waals surface area contributed by atoms with Crippen LogP contribution in [0.15, 0.2) is 78.9 Å². The Bertz CT molecular complexity index is 1380. The first-order chi connectivity index (χ1) is 14.7.